The molecule has 1 aromatic heterocycles. The van der Waals surface area contributed by atoms with Gasteiger partial charge in [0, 0.05) is 0 Å². The number of halogens is 3. The second kappa shape index (κ2) is 3.62. The van der Waals surface area contributed by atoms with Crippen molar-refractivity contribution in [2.45, 2.75) is 5.51 Å². The molecule has 0 bridgehead atoms. The van der Waals surface area contributed by atoms with Crippen LogP contribution in [0, 0.1) is 0 Å². The summed E-state index contributed by atoms with van der Waals surface area (Å²) in [6.45, 7) is 0. The molecule has 5 nitrogen and oxygen atoms in total. The van der Waals surface area contributed by atoms with Crippen LogP contribution in [0.5, 0.6) is 0 Å². The number of alkyl halides is 3. The molecule has 2 aromatic rings. The van der Waals surface area contributed by atoms with Crippen molar-refractivity contribution >= 4 is 27.0 Å². The van der Waals surface area contributed by atoms with Gasteiger partial charge in [-0.15, -0.1) is 0 Å². The van der Waals surface area contributed by atoms with E-state index in [-0.39, 0.29) is 0 Å². The Kier molecular flexibility index (Phi) is 2.49. The first-order valence-electron chi connectivity index (χ1n) is 4.33. The Morgan fingerprint density at radius 3 is 2.47 bits per heavy atom. The summed E-state index contributed by atoms with van der Waals surface area (Å²) in [5.41, 5.74) is -4.56. The topological polar surface area (TPSA) is 74.8 Å². The van der Waals surface area contributed by atoms with Crippen molar-refractivity contribution in [1.82, 2.24) is 9.97 Å². The highest BCUT2D eigenvalue weighted by atomic mass is 32.2. The van der Waals surface area contributed by atoms with Crippen molar-refractivity contribution in [3.05, 3.63) is 24.3 Å². The highest BCUT2D eigenvalue weighted by Crippen LogP contribution is 2.25. The quantitative estimate of drug-likeness (QED) is 0.869. The first kappa shape index (κ1) is 11.7. The smallest absolute Gasteiger partial charge is 0.323 e. The average molecular weight is 265 g/mol. The van der Waals surface area contributed by atoms with Gasteiger partial charge in [-0.05, 0) is 12.1 Å². The summed E-state index contributed by atoms with van der Waals surface area (Å²) < 4.78 is 59.2. The maximum Gasteiger partial charge on any atom is 0.516 e. The fraction of sp³-hybridized carbons (Fsp3) is 0.125. The van der Waals surface area contributed by atoms with Crippen LogP contribution < -0.4 is 4.72 Å². The first-order valence-corrected chi connectivity index (χ1v) is 5.82. The summed E-state index contributed by atoms with van der Waals surface area (Å²) in [6.07, 6.45) is 0. The Hall–Kier alpha value is -1.77. The number of nitrogens with one attached hydrogen (secondary N) is 2. The standard InChI is InChI=1S/C8H6F3N3O2S/c9-8(10,11)17(15,16)14-7-12-5-3-1-2-4-6(5)13-7/h1-4H,(H2,12,13,14). The lowest BCUT2D eigenvalue weighted by Gasteiger charge is -2.07. The van der Waals surface area contributed by atoms with Crippen LogP contribution in [-0.2, 0) is 10.0 Å². The van der Waals surface area contributed by atoms with E-state index in [9.17, 15) is 21.6 Å². The lowest BCUT2D eigenvalue weighted by atomic mass is 10.3. The summed E-state index contributed by atoms with van der Waals surface area (Å²) in [7, 11) is -5.44. The van der Waals surface area contributed by atoms with E-state index in [1.54, 1.807) is 18.2 Å². The lowest BCUT2D eigenvalue weighted by Crippen LogP contribution is -2.30. The third kappa shape index (κ3) is 2.18. The Labute approximate surface area is 93.7 Å². The minimum atomic E-state index is -5.44. The summed E-state index contributed by atoms with van der Waals surface area (Å²) in [5.74, 6) is -0.469. The Balaban J connectivity index is 2.37. The second-order valence-corrected chi connectivity index (χ2v) is 4.83. The van der Waals surface area contributed by atoms with Crippen molar-refractivity contribution in [2.75, 3.05) is 4.72 Å². The number of rotatable bonds is 2. The molecular weight excluding hydrogens is 259 g/mol. The third-order valence-electron chi connectivity index (χ3n) is 1.93. The van der Waals surface area contributed by atoms with Crippen LogP contribution in [0.4, 0.5) is 19.1 Å². The summed E-state index contributed by atoms with van der Waals surface area (Å²) >= 11 is 0. The number of aromatic amines is 1. The highest BCUT2D eigenvalue weighted by Gasteiger charge is 2.46. The van der Waals surface area contributed by atoms with Crippen LogP contribution in [0.3, 0.4) is 0 Å². The fourth-order valence-electron chi connectivity index (χ4n) is 1.19. The summed E-state index contributed by atoms with van der Waals surface area (Å²) in [4.78, 5) is 6.09. The van der Waals surface area contributed by atoms with E-state index in [1.165, 1.54) is 10.8 Å². The minimum absolute atomic E-state index is 0.368. The Morgan fingerprint density at radius 1 is 1.24 bits per heavy atom. The van der Waals surface area contributed by atoms with E-state index in [2.05, 4.69) is 9.97 Å². The number of nitrogens with zero attached hydrogens (tertiary/aromatic N) is 1. The van der Waals surface area contributed by atoms with Gasteiger partial charge in [-0.25, -0.2) is 9.71 Å². The molecular formula is C8H6F3N3O2S. The van der Waals surface area contributed by atoms with Crippen molar-refractivity contribution in [1.29, 1.82) is 0 Å². The van der Waals surface area contributed by atoms with Crippen LogP contribution in [0.25, 0.3) is 11.0 Å². The van der Waals surface area contributed by atoms with Gasteiger partial charge in [-0.2, -0.15) is 21.6 Å². The highest BCUT2D eigenvalue weighted by molar-refractivity contribution is 7.93. The number of fused-ring (bicyclic) bond motifs is 1. The van der Waals surface area contributed by atoms with Crippen molar-refractivity contribution < 1.29 is 21.6 Å². The van der Waals surface area contributed by atoms with Crippen LogP contribution in [-0.4, -0.2) is 23.9 Å². The molecule has 2 rings (SSSR count). The van der Waals surface area contributed by atoms with E-state index in [1.807, 2.05) is 0 Å². The molecule has 0 unspecified atom stereocenters. The predicted molar refractivity (Wildman–Crippen MR) is 54.7 cm³/mol. The van der Waals surface area contributed by atoms with Gasteiger partial charge in [0.1, 0.15) is 0 Å². The van der Waals surface area contributed by atoms with Crippen LogP contribution in [0.15, 0.2) is 24.3 Å². The van der Waals surface area contributed by atoms with Gasteiger partial charge in [0.2, 0.25) is 5.95 Å². The number of aromatic nitrogens is 2. The molecule has 1 aromatic carbocycles. The number of H-pyrrole nitrogens is 1. The maximum atomic E-state index is 12.1. The van der Waals surface area contributed by atoms with Crippen LogP contribution >= 0.6 is 0 Å². The first-order chi connectivity index (χ1) is 7.79. The molecule has 0 spiro atoms. The zero-order valence-electron chi connectivity index (χ0n) is 8.12. The van der Waals surface area contributed by atoms with Crippen LogP contribution in [0.2, 0.25) is 0 Å². The molecule has 17 heavy (non-hydrogen) atoms. The number of benzene rings is 1. The zero-order chi connectivity index (χ0) is 12.7. The average Bonchev–Trinajstić information content (AvgIpc) is 2.56. The van der Waals surface area contributed by atoms with Gasteiger partial charge in [0.05, 0.1) is 11.0 Å². The van der Waals surface area contributed by atoms with Crippen molar-refractivity contribution in [3.63, 3.8) is 0 Å². The zero-order valence-corrected chi connectivity index (χ0v) is 8.93. The third-order valence-corrected chi connectivity index (χ3v) is 3.00. The minimum Gasteiger partial charge on any atom is -0.323 e. The van der Waals surface area contributed by atoms with E-state index >= 15 is 0 Å². The maximum absolute atomic E-state index is 12.1. The van der Waals surface area contributed by atoms with E-state index in [0.29, 0.717) is 11.0 Å². The number of hydrogen-bond donors (Lipinski definition) is 2. The molecule has 0 fully saturated rings. The van der Waals surface area contributed by atoms with Crippen LogP contribution in [0.1, 0.15) is 0 Å². The van der Waals surface area contributed by atoms with Gasteiger partial charge >= 0.3 is 15.5 Å². The number of hydrogen-bond acceptors (Lipinski definition) is 3. The number of sulfonamides is 1. The van der Waals surface area contributed by atoms with E-state index in [0.717, 1.165) is 0 Å². The molecule has 0 aliphatic rings. The normalized spacial score (nSPS) is 12.9. The molecule has 0 saturated carbocycles. The molecule has 0 atom stereocenters. The van der Waals surface area contributed by atoms with E-state index in [4.69, 9.17) is 0 Å². The van der Waals surface area contributed by atoms with E-state index < -0.39 is 21.5 Å². The fourth-order valence-corrected chi connectivity index (χ4v) is 1.65. The molecule has 2 N–H and O–H groups in total. The van der Waals surface area contributed by atoms with Crippen molar-refractivity contribution in [3.8, 4) is 0 Å². The lowest BCUT2D eigenvalue weighted by molar-refractivity contribution is -0.0429. The summed E-state index contributed by atoms with van der Waals surface area (Å²) in [6, 6.07) is 6.37. The summed E-state index contributed by atoms with van der Waals surface area (Å²) in [5, 5.41) is 0. The molecule has 9 heteroatoms. The van der Waals surface area contributed by atoms with Crippen molar-refractivity contribution in [2.24, 2.45) is 0 Å². The molecule has 92 valence electrons. The molecule has 0 aliphatic carbocycles. The number of anilines is 1. The second-order valence-electron chi connectivity index (χ2n) is 3.15. The van der Waals surface area contributed by atoms with Gasteiger partial charge in [-0.1, -0.05) is 12.1 Å². The SMILES string of the molecule is O=S(=O)(Nc1nc2ccccc2[nH]1)C(F)(F)F. The number of imidazole rings is 1. The Bertz CT molecular complexity index is 614. The Morgan fingerprint density at radius 2 is 1.88 bits per heavy atom. The largest absolute Gasteiger partial charge is 0.516 e. The van der Waals surface area contributed by atoms with Gasteiger partial charge < -0.3 is 4.98 Å². The predicted octanol–water partition coefficient (Wildman–Crippen LogP) is 1.82. The van der Waals surface area contributed by atoms with Gasteiger partial charge in [-0.3, -0.25) is 0 Å². The van der Waals surface area contributed by atoms with Gasteiger partial charge in [0.15, 0.2) is 0 Å². The monoisotopic (exact) mass is 265 g/mol. The molecule has 0 amide bonds. The molecule has 0 aliphatic heterocycles. The molecule has 0 radical (unpaired) electrons. The molecule has 1 heterocycles. The molecule has 0 saturated heterocycles. The van der Waals surface area contributed by atoms with Gasteiger partial charge in [0.25, 0.3) is 0 Å². The number of para-hydroxylation sites is 2.